The van der Waals surface area contributed by atoms with Gasteiger partial charge in [0.05, 0.1) is 12.6 Å². The fraction of sp³-hybridized carbons (Fsp3) is 0.462. The van der Waals surface area contributed by atoms with E-state index in [2.05, 4.69) is 15.1 Å². The molecule has 1 heterocycles. The molecule has 6 nitrogen and oxygen atoms in total. The summed E-state index contributed by atoms with van der Waals surface area (Å²) in [5.41, 5.74) is 2.56. The van der Waals surface area contributed by atoms with E-state index in [1.807, 2.05) is 50.2 Å². The molecule has 2 aromatic rings. The van der Waals surface area contributed by atoms with Gasteiger partial charge in [-0.3, -0.25) is 19.4 Å². The molecule has 2 amide bonds. The second-order valence-electron chi connectivity index (χ2n) is 8.69. The molecule has 0 spiro atoms. The van der Waals surface area contributed by atoms with E-state index in [1.165, 1.54) is 11.0 Å². The lowest BCUT2D eigenvalue weighted by Crippen LogP contribution is -2.48. The van der Waals surface area contributed by atoms with E-state index >= 15 is 0 Å². The Balaban J connectivity index is 1.51. The average Bonchev–Trinajstić information content (AvgIpc) is 3.05. The largest absolute Gasteiger partial charge is 0.335 e. The van der Waals surface area contributed by atoms with Crippen LogP contribution >= 0.6 is 0 Å². The van der Waals surface area contributed by atoms with Crippen LogP contribution in [0.25, 0.3) is 0 Å². The number of para-hydroxylation sites is 1. The third kappa shape index (κ3) is 6.85. The SMILES string of the molecule is CCc1ccccc1NC(=O)CN(C)C(=O)C(C)N1CCCN(Cc2ccccc2F)CC1. The number of nitrogens with zero attached hydrogens (tertiary/aromatic N) is 3. The highest BCUT2D eigenvalue weighted by atomic mass is 19.1. The van der Waals surface area contributed by atoms with Crippen molar-refractivity contribution in [2.45, 2.75) is 39.3 Å². The van der Waals surface area contributed by atoms with Gasteiger partial charge in [0, 0.05) is 44.5 Å². The monoisotopic (exact) mass is 454 g/mol. The summed E-state index contributed by atoms with van der Waals surface area (Å²) in [7, 11) is 1.67. The number of amides is 2. The molecular weight excluding hydrogens is 419 g/mol. The standard InChI is InChI=1S/C26H35FN4O2/c1-4-21-10-6-8-13-24(21)28-25(32)19-29(3)26(33)20(2)31-15-9-14-30(16-17-31)18-22-11-5-7-12-23(22)27/h5-8,10-13,20H,4,9,14-19H2,1-3H3,(H,28,32). The molecule has 0 aliphatic carbocycles. The Morgan fingerprint density at radius 1 is 1.03 bits per heavy atom. The molecule has 1 unspecified atom stereocenters. The molecule has 1 fully saturated rings. The average molecular weight is 455 g/mol. The van der Waals surface area contributed by atoms with E-state index in [1.54, 1.807) is 13.1 Å². The van der Waals surface area contributed by atoms with Crippen molar-refractivity contribution in [1.29, 1.82) is 0 Å². The molecule has 1 aliphatic heterocycles. The molecule has 0 saturated carbocycles. The van der Waals surface area contributed by atoms with Crippen molar-refractivity contribution in [1.82, 2.24) is 14.7 Å². The van der Waals surface area contributed by atoms with Gasteiger partial charge in [0.15, 0.2) is 0 Å². The Labute approximate surface area is 196 Å². The number of nitrogens with one attached hydrogen (secondary N) is 1. The zero-order valence-corrected chi connectivity index (χ0v) is 19.9. The summed E-state index contributed by atoms with van der Waals surface area (Å²) in [6.07, 6.45) is 1.73. The number of rotatable bonds is 8. The van der Waals surface area contributed by atoms with Gasteiger partial charge < -0.3 is 10.2 Å². The fourth-order valence-corrected chi connectivity index (χ4v) is 4.31. The number of aryl methyl sites for hydroxylation is 1. The summed E-state index contributed by atoms with van der Waals surface area (Å²) in [4.78, 5) is 31.4. The van der Waals surface area contributed by atoms with Gasteiger partial charge in [-0.15, -0.1) is 0 Å². The van der Waals surface area contributed by atoms with Gasteiger partial charge in [0.25, 0.3) is 0 Å². The van der Waals surface area contributed by atoms with Crippen LogP contribution in [-0.4, -0.2) is 72.3 Å². The van der Waals surface area contributed by atoms with Crippen LogP contribution in [0.4, 0.5) is 10.1 Å². The Morgan fingerprint density at radius 3 is 2.45 bits per heavy atom. The van der Waals surface area contributed by atoms with E-state index in [4.69, 9.17) is 0 Å². The first-order chi connectivity index (χ1) is 15.9. The molecule has 1 atom stereocenters. The molecule has 0 bridgehead atoms. The van der Waals surface area contributed by atoms with Crippen molar-refractivity contribution in [2.24, 2.45) is 0 Å². The maximum Gasteiger partial charge on any atom is 0.243 e. The molecule has 178 valence electrons. The summed E-state index contributed by atoms with van der Waals surface area (Å²) in [5.74, 6) is -0.453. The van der Waals surface area contributed by atoms with Crippen molar-refractivity contribution < 1.29 is 14.0 Å². The predicted octanol–water partition coefficient (Wildman–Crippen LogP) is 3.38. The highest BCUT2D eigenvalue weighted by molar-refractivity contribution is 5.95. The van der Waals surface area contributed by atoms with Crippen LogP contribution in [0, 0.1) is 5.82 Å². The smallest absolute Gasteiger partial charge is 0.243 e. The van der Waals surface area contributed by atoms with Gasteiger partial charge in [0.1, 0.15) is 5.82 Å². The van der Waals surface area contributed by atoms with Crippen molar-refractivity contribution in [3.63, 3.8) is 0 Å². The zero-order chi connectivity index (χ0) is 23.8. The first-order valence-electron chi connectivity index (χ1n) is 11.7. The van der Waals surface area contributed by atoms with E-state index < -0.39 is 0 Å². The second-order valence-corrected chi connectivity index (χ2v) is 8.69. The highest BCUT2D eigenvalue weighted by Crippen LogP contribution is 2.16. The van der Waals surface area contributed by atoms with Gasteiger partial charge in [-0.2, -0.15) is 0 Å². The van der Waals surface area contributed by atoms with Gasteiger partial charge in [-0.25, -0.2) is 4.39 Å². The molecule has 7 heteroatoms. The van der Waals surface area contributed by atoms with E-state index in [0.717, 1.165) is 50.3 Å². The molecule has 1 N–H and O–H groups in total. The molecular formula is C26H35FN4O2. The Kier molecular flexibility index (Phi) is 8.97. The van der Waals surface area contributed by atoms with Crippen LogP contribution in [0.2, 0.25) is 0 Å². The number of hydrogen-bond donors (Lipinski definition) is 1. The van der Waals surface area contributed by atoms with Gasteiger partial charge >= 0.3 is 0 Å². The van der Waals surface area contributed by atoms with E-state index in [-0.39, 0.29) is 30.2 Å². The summed E-state index contributed by atoms with van der Waals surface area (Å²) in [6, 6.07) is 14.3. The minimum atomic E-state index is -0.320. The number of hydrogen-bond acceptors (Lipinski definition) is 4. The Morgan fingerprint density at radius 2 is 1.73 bits per heavy atom. The van der Waals surface area contributed by atoms with Crippen LogP contribution in [0.3, 0.4) is 0 Å². The number of benzene rings is 2. The first kappa shape index (κ1) is 24.9. The lowest BCUT2D eigenvalue weighted by atomic mass is 10.1. The summed E-state index contributed by atoms with van der Waals surface area (Å²) in [6.45, 7) is 7.67. The molecule has 0 radical (unpaired) electrons. The highest BCUT2D eigenvalue weighted by Gasteiger charge is 2.27. The number of carbonyl (C=O) groups excluding carboxylic acids is 2. The quantitative estimate of drug-likeness (QED) is 0.665. The summed E-state index contributed by atoms with van der Waals surface area (Å²) in [5, 5.41) is 2.93. The van der Waals surface area contributed by atoms with Crippen LogP contribution in [0.5, 0.6) is 0 Å². The Bertz CT molecular complexity index is 951. The van der Waals surface area contributed by atoms with Crippen molar-refractivity contribution in [2.75, 3.05) is 45.1 Å². The maximum atomic E-state index is 14.0. The molecule has 0 aromatic heterocycles. The van der Waals surface area contributed by atoms with Crippen LogP contribution in [0.1, 0.15) is 31.4 Å². The van der Waals surface area contributed by atoms with Gasteiger partial charge in [0.2, 0.25) is 11.8 Å². The number of carbonyl (C=O) groups is 2. The minimum absolute atomic E-state index is 0.00840. The van der Waals surface area contributed by atoms with Crippen LogP contribution in [-0.2, 0) is 22.6 Å². The normalized spacial score (nSPS) is 16.1. The van der Waals surface area contributed by atoms with Gasteiger partial charge in [-0.1, -0.05) is 43.3 Å². The summed E-state index contributed by atoms with van der Waals surface area (Å²) >= 11 is 0. The molecule has 1 saturated heterocycles. The third-order valence-electron chi connectivity index (χ3n) is 6.31. The lowest BCUT2D eigenvalue weighted by Gasteiger charge is -2.30. The number of halogens is 1. The first-order valence-corrected chi connectivity index (χ1v) is 11.7. The minimum Gasteiger partial charge on any atom is -0.335 e. The number of anilines is 1. The third-order valence-corrected chi connectivity index (χ3v) is 6.31. The molecule has 1 aliphatic rings. The van der Waals surface area contributed by atoms with Crippen molar-refractivity contribution in [3.8, 4) is 0 Å². The predicted molar refractivity (Wildman–Crippen MR) is 129 cm³/mol. The summed E-state index contributed by atoms with van der Waals surface area (Å²) < 4.78 is 14.0. The fourth-order valence-electron chi connectivity index (χ4n) is 4.31. The second kappa shape index (κ2) is 11.9. The van der Waals surface area contributed by atoms with Crippen molar-refractivity contribution in [3.05, 3.63) is 65.5 Å². The zero-order valence-electron chi connectivity index (χ0n) is 19.9. The molecule has 33 heavy (non-hydrogen) atoms. The van der Waals surface area contributed by atoms with Gasteiger partial charge in [-0.05, 0) is 44.0 Å². The Hall–Kier alpha value is -2.77. The van der Waals surface area contributed by atoms with Crippen LogP contribution < -0.4 is 5.32 Å². The van der Waals surface area contributed by atoms with E-state index in [0.29, 0.717) is 12.1 Å². The maximum absolute atomic E-state index is 14.0. The lowest BCUT2D eigenvalue weighted by molar-refractivity contribution is -0.137. The van der Waals surface area contributed by atoms with Crippen molar-refractivity contribution >= 4 is 17.5 Å². The molecule has 3 rings (SSSR count). The van der Waals surface area contributed by atoms with E-state index in [9.17, 15) is 14.0 Å². The molecule has 2 aromatic carbocycles. The topological polar surface area (TPSA) is 55.9 Å². The number of likely N-dealkylation sites (N-methyl/N-ethyl adjacent to an activating group) is 1. The van der Waals surface area contributed by atoms with Crippen LogP contribution in [0.15, 0.2) is 48.5 Å².